The molecule has 3 amide bonds. The van der Waals surface area contributed by atoms with E-state index in [1.807, 2.05) is 0 Å². The minimum atomic E-state index is -4.58. The van der Waals surface area contributed by atoms with Gasteiger partial charge < -0.3 is 20.6 Å². The number of nitrogens with one attached hydrogen (secondary N) is 2. The van der Waals surface area contributed by atoms with Crippen molar-refractivity contribution in [1.82, 2.24) is 10.2 Å². The van der Waals surface area contributed by atoms with Crippen LogP contribution in [0.5, 0.6) is 0 Å². The Morgan fingerprint density at radius 2 is 2.04 bits per heavy atom. The van der Waals surface area contributed by atoms with E-state index in [0.717, 1.165) is 18.6 Å². The molecule has 1 saturated heterocycles. The van der Waals surface area contributed by atoms with Crippen LogP contribution in [0.1, 0.15) is 18.4 Å². The van der Waals surface area contributed by atoms with Crippen molar-refractivity contribution in [2.75, 3.05) is 25.0 Å². The van der Waals surface area contributed by atoms with Gasteiger partial charge in [-0.2, -0.15) is 13.2 Å². The van der Waals surface area contributed by atoms with Crippen molar-refractivity contribution >= 4 is 17.6 Å². The third kappa shape index (κ3) is 4.85. The molecule has 0 aromatic heterocycles. The number of nitrogens with zero attached hydrogens (tertiary/aromatic N) is 1. The summed E-state index contributed by atoms with van der Waals surface area (Å²) < 4.78 is 38.5. The maximum atomic E-state index is 12.8. The van der Waals surface area contributed by atoms with Crippen LogP contribution in [-0.4, -0.2) is 47.7 Å². The number of benzene rings is 1. The molecule has 0 unspecified atom stereocenters. The number of halogens is 3. The summed E-state index contributed by atoms with van der Waals surface area (Å²) in [6.07, 6.45) is -4.40. The van der Waals surface area contributed by atoms with Gasteiger partial charge in [-0.15, -0.1) is 0 Å². The molecule has 0 saturated carbocycles. The van der Waals surface area contributed by atoms with Crippen LogP contribution in [0.25, 0.3) is 0 Å². The van der Waals surface area contributed by atoms with Crippen molar-refractivity contribution in [2.45, 2.75) is 25.1 Å². The van der Waals surface area contributed by atoms with Gasteiger partial charge in [0.25, 0.3) is 0 Å². The average Bonchev–Trinajstić information content (AvgIpc) is 2.90. The van der Waals surface area contributed by atoms with Crippen LogP contribution in [0.15, 0.2) is 24.3 Å². The Morgan fingerprint density at radius 1 is 1.33 bits per heavy atom. The van der Waals surface area contributed by atoms with Crippen molar-refractivity contribution in [3.63, 3.8) is 0 Å². The second kappa shape index (κ2) is 7.52. The minimum Gasteiger partial charge on any atom is -0.389 e. The second-order valence-electron chi connectivity index (χ2n) is 5.48. The van der Waals surface area contributed by atoms with Crippen molar-refractivity contribution in [3.05, 3.63) is 29.8 Å². The van der Waals surface area contributed by atoms with Gasteiger partial charge in [0, 0.05) is 26.1 Å². The topological polar surface area (TPSA) is 81.7 Å². The van der Waals surface area contributed by atoms with Crippen molar-refractivity contribution in [3.8, 4) is 0 Å². The largest absolute Gasteiger partial charge is 0.418 e. The van der Waals surface area contributed by atoms with Gasteiger partial charge in [0.1, 0.15) is 0 Å². The number of anilines is 1. The maximum absolute atomic E-state index is 12.8. The molecule has 0 radical (unpaired) electrons. The smallest absolute Gasteiger partial charge is 0.389 e. The number of aliphatic hydroxyl groups is 1. The Labute approximate surface area is 136 Å². The van der Waals surface area contributed by atoms with E-state index in [2.05, 4.69) is 10.6 Å². The SMILES string of the molecule is O=C(NC[C@@H](O)CN1CCCC1=O)Nc1ccccc1C(F)(F)F. The van der Waals surface area contributed by atoms with Crippen molar-refractivity contribution in [1.29, 1.82) is 0 Å². The number of amides is 3. The van der Waals surface area contributed by atoms with Gasteiger partial charge in [-0.3, -0.25) is 4.79 Å². The number of β-amino-alcohol motifs (C(OH)–C–C–N with tert-alkyl or cyclic N) is 1. The van der Waals surface area contributed by atoms with Crippen LogP contribution in [0, 0.1) is 0 Å². The first-order chi connectivity index (χ1) is 11.3. The first-order valence-electron chi connectivity index (χ1n) is 7.44. The third-order valence-electron chi connectivity index (χ3n) is 3.58. The first kappa shape index (κ1) is 18.1. The summed E-state index contributed by atoms with van der Waals surface area (Å²) in [7, 11) is 0. The lowest BCUT2D eigenvalue weighted by Gasteiger charge is -2.20. The van der Waals surface area contributed by atoms with E-state index in [0.29, 0.717) is 13.0 Å². The van der Waals surface area contributed by atoms with E-state index in [-0.39, 0.29) is 24.7 Å². The number of alkyl halides is 3. The zero-order valence-corrected chi connectivity index (χ0v) is 12.8. The lowest BCUT2D eigenvalue weighted by atomic mass is 10.1. The molecule has 6 nitrogen and oxygen atoms in total. The Kier molecular flexibility index (Phi) is 5.66. The number of hydrogen-bond donors (Lipinski definition) is 3. The van der Waals surface area contributed by atoms with Crippen LogP contribution in [0.2, 0.25) is 0 Å². The van der Waals surface area contributed by atoms with Gasteiger partial charge in [0.2, 0.25) is 5.91 Å². The molecule has 2 rings (SSSR count). The van der Waals surface area contributed by atoms with Crippen LogP contribution >= 0.6 is 0 Å². The fourth-order valence-electron chi connectivity index (χ4n) is 2.43. The summed E-state index contributed by atoms with van der Waals surface area (Å²) in [4.78, 5) is 24.6. The molecule has 9 heteroatoms. The highest BCUT2D eigenvalue weighted by molar-refractivity contribution is 5.90. The molecule has 0 aliphatic carbocycles. The standard InChI is InChI=1S/C15H18F3N3O3/c16-15(17,18)11-4-1-2-5-12(11)20-14(24)19-8-10(22)9-21-7-3-6-13(21)23/h1-2,4-5,10,22H,3,6-9H2,(H2,19,20,24)/t10-/m1/s1. The molecule has 0 spiro atoms. The molecule has 1 fully saturated rings. The van der Waals surface area contributed by atoms with E-state index >= 15 is 0 Å². The van der Waals surface area contributed by atoms with Crippen LogP contribution in [0.4, 0.5) is 23.7 Å². The van der Waals surface area contributed by atoms with E-state index in [4.69, 9.17) is 0 Å². The lowest BCUT2D eigenvalue weighted by molar-refractivity contribution is -0.137. The molecule has 1 heterocycles. The predicted molar refractivity (Wildman–Crippen MR) is 80.3 cm³/mol. The summed E-state index contributed by atoms with van der Waals surface area (Å²) in [6, 6.07) is 3.74. The summed E-state index contributed by atoms with van der Waals surface area (Å²) >= 11 is 0. The molecular weight excluding hydrogens is 327 g/mol. The molecule has 0 bridgehead atoms. The van der Waals surface area contributed by atoms with Crippen LogP contribution < -0.4 is 10.6 Å². The van der Waals surface area contributed by atoms with E-state index in [9.17, 15) is 27.9 Å². The van der Waals surface area contributed by atoms with Gasteiger partial charge >= 0.3 is 12.2 Å². The number of rotatable bonds is 5. The van der Waals surface area contributed by atoms with E-state index in [1.165, 1.54) is 17.0 Å². The molecule has 132 valence electrons. The molecule has 24 heavy (non-hydrogen) atoms. The van der Waals surface area contributed by atoms with E-state index < -0.39 is 23.9 Å². The van der Waals surface area contributed by atoms with Crippen molar-refractivity contribution < 1.29 is 27.9 Å². The van der Waals surface area contributed by atoms with Crippen LogP contribution in [0.3, 0.4) is 0 Å². The average molecular weight is 345 g/mol. The number of hydrogen-bond acceptors (Lipinski definition) is 3. The van der Waals surface area contributed by atoms with Gasteiger partial charge in [-0.1, -0.05) is 12.1 Å². The van der Waals surface area contributed by atoms with Crippen LogP contribution in [-0.2, 0) is 11.0 Å². The maximum Gasteiger partial charge on any atom is 0.418 e. The third-order valence-corrected chi connectivity index (χ3v) is 3.58. The van der Waals surface area contributed by atoms with Gasteiger partial charge in [0.15, 0.2) is 0 Å². The van der Waals surface area contributed by atoms with E-state index in [1.54, 1.807) is 0 Å². The number of likely N-dealkylation sites (tertiary alicyclic amines) is 1. The fraction of sp³-hybridized carbons (Fsp3) is 0.467. The second-order valence-corrected chi connectivity index (χ2v) is 5.48. The number of carbonyl (C=O) groups is 2. The molecule has 1 aromatic carbocycles. The zero-order chi connectivity index (χ0) is 17.7. The highest BCUT2D eigenvalue weighted by atomic mass is 19.4. The lowest BCUT2D eigenvalue weighted by Crippen LogP contribution is -2.42. The van der Waals surface area contributed by atoms with Gasteiger partial charge in [-0.05, 0) is 18.6 Å². The molecule has 1 aliphatic heterocycles. The number of urea groups is 1. The molecule has 1 aliphatic rings. The Hall–Kier alpha value is -2.29. The fourth-order valence-corrected chi connectivity index (χ4v) is 2.43. The van der Waals surface area contributed by atoms with Crippen molar-refractivity contribution in [2.24, 2.45) is 0 Å². The molecule has 3 N–H and O–H groups in total. The quantitative estimate of drug-likeness (QED) is 0.761. The monoisotopic (exact) mass is 345 g/mol. The number of carbonyl (C=O) groups excluding carboxylic acids is 2. The number of aliphatic hydroxyl groups excluding tert-OH is 1. The highest BCUT2D eigenvalue weighted by Crippen LogP contribution is 2.34. The highest BCUT2D eigenvalue weighted by Gasteiger charge is 2.33. The Bertz CT molecular complexity index is 607. The summed E-state index contributed by atoms with van der Waals surface area (Å²) in [6.45, 7) is 0.461. The summed E-state index contributed by atoms with van der Waals surface area (Å²) in [5, 5.41) is 14.2. The summed E-state index contributed by atoms with van der Waals surface area (Å²) in [5.41, 5.74) is -1.32. The minimum absolute atomic E-state index is 0.0578. The Balaban J connectivity index is 1.84. The molecule has 1 atom stereocenters. The number of para-hydroxylation sites is 1. The van der Waals surface area contributed by atoms with Gasteiger partial charge in [0.05, 0.1) is 17.4 Å². The summed E-state index contributed by atoms with van der Waals surface area (Å²) in [5.74, 6) is -0.0578. The van der Waals surface area contributed by atoms with Gasteiger partial charge in [-0.25, -0.2) is 4.79 Å². The molecule has 1 aromatic rings. The first-order valence-corrected chi connectivity index (χ1v) is 7.44. The predicted octanol–water partition coefficient (Wildman–Crippen LogP) is 1.81. The normalized spacial score (nSPS) is 16.2. The molecular formula is C15H18F3N3O3. The zero-order valence-electron chi connectivity index (χ0n) is 12.8. The Morgan fingerprint density at radius 3 is 2.67 bits per heavy atom.